The molecule has 0 aliphatic heterocycles. The highest BCUT2D eigenvalue weighted by Gasteiger charge is 2.37. The molecule has 1 aromatic carbocycles. The largest absolute Gasteiger partial charge is 0.311 e. The third kappa shape index (κ3) is 3.21. The van der Waals surface area contributed by atoms with Crippen molar-refractivity contribution in [2.75, 3.05) is 20.1 Å². The Morgan fingerprint density at radius 1 is 1.25 bits per heavy atom. The van der Waals surface area contributed by atoms with Gasteiger partial charge in [-0.15, -0.1) is 0 Å². The van der Waals surface area contributed by atoms with Crippen molar-refractivity contribution in [3.05, 3.63) is 35.1 Å². The Kier molecular flexibility index (Phi) is 6.15. The monoisotopic (exact) mass is 280 g/mol. The summed E-state index contributed by atoms with van der Waals surface area (Å²) in [6.07, 6.45) is 1.04. The van der Waals surface area contributed by atoms with Gasteiger partial charge in [-0.1, -0.05) is 32.9 Å². The van der Waals surface area contributed by atoms with Gasteiger partial charge in [0.25, 0.3) is 0 Å². The summed E-state index contributed by atoms with van der Waals surface area (Å²) in [4.78, 5) is 2.48. The first-order valence-corrected chi connectivity index (χ1v) is 7.62. The van der Waals surface area contributed by atoms with Crippen molar-refractivity contribution >= 4 is 0 Å². The molecule has 20 heavy (non-hydrogen) atoms. The molecule has 0 spiro atoms. The Morgan fingerprint density at radius 2 is 1.85 bits per heavy atom. The number of aryl methyl sites for hydroxylation is 1. The molecule has 0 saturated heterocycles. The Balaban J connectivity index is 3.23. The smallest absolute Gasteiger partial charge is 0.126 e. The molecule has 114 valence electrons. The second-order valence-corrected chi connectivity index (χ2v) is 5.61. The predicted octanol–water partition coefficient (Wildman–Crippen LogP) is 3.91. The molecule has 0 bridgehead atoms. The van der Waals surface area contributed by atoms with Crippen molar-refractivity contribution in [2.45, 2.75) is 52.6 Å². The first-order chi connectivity index (χ1) is 9.44. The zero-order valence-corrected chi connectivity index (χ0v) is 13.8. The molecular weight excluding hydrogens is 251 g/mol. The van der Waals surface area contributed by atoms with Gasteiger partial charge < -0.3 is 5.32 Å². The van der Waals surface area contributed by atoms with Crippen molar-refractivity contribution in [1.82, 2.24) is 10.2 Å². The summed E-state index contributed by atoms with van der Waals surface area (Å²) in [7, 11) is 1.99. The molecule has 2 atom stereocenters. The second-order valence-electron chi connectivity index (χ2n) is 5.61. The fourth-order valence-corrected chi connectivity index (χ4v) is 3.24. The summed E-state index contributed by atoms with van der Waals surface area (Å²) >= 11 is 0. The summed E-state index contributed by atoms with van der Waals surface area (Å²) in [5.41, 5.74) is 1.88. The molecule has 0 heterocycles. The van der Waals surface area contributed by atoms with Crippen LogP contribution in [-0.4, -0.2) is 30.6 Å². The zero-order valence-electron chi connectivity index (χ0n) is 13.8. The number of benzene rings is 1. The number of nitrogens with one attached hydrogen (secondary N) is 1. The van der Waals surface area contributed by atoms with Crippen molar-refractivity contribution in [3.63, 3.8) is 0 Å². The van der Waals surface area contributed by atoms with Gasteiger partial charge in [-0.2, -0.15) is 0 Å². The van der Waals surface area contributed by atoms with Crippen LogP contribution < -0.4 is 5.32 Å². The Labute approximate surface area is 123 Å². The highest BCUT2D eigenvalue weighted by atomic mass is 19.1. The van der Waals surface area contributed by atoms with Crippen LogP contribution >= 0.6 is 0 Å². The lowest BCUT2D eigenvalue weighted by Gasteiger charge is -2.46. The van der Waals surface area contributed by atoms with Gasteiger partial charge in [-0.05, 0) is 57.6 Å². The van der Waals surface area contributed by atoms with E-state index in [9.17, 15) is 4.39 Å². The van der Waals surface area contributed by atoms with Gasteiger partial charge in [0.1, 0.15) is 5.82 Å². The molecule has 0 aliphatic rings. The maximum absolute atomic E-state index is 13.5. The molecule has 0 amide bonds. The van der Waals surface area contributed by atoms with Crippen LogP contribution in [-0.2, 0) is 0 Å². The first-order valence-electron chi connectivity index (χ1n) is 7.62. The van der Waals surface area contributed by atoms with E-state index in [1.165, 1.54) is 0 Å². The number of hydrogen-bond donors (Lipinski definition) is 1. The van der Waals surface area contributed by atoms with E-state index in [-0.39, 0.29) is 17.4 Å². The van der Waals surface area contributed by atoms with E-state index in [1.807, 2.05) is 26.1 Å². The van der Waals surface area contributed by atoms with Gasteiger partial charge in [0.05, 0.1) is 6.04 Å². The molecule has 1 N–H and O–H groups in total. The number of nitrogens with zero attached hydrogens (tertiary/aromatic N) is 1. The van der Waals surface area contributed by atoms with Crippen LogP contribution in [0.5, 0.6) is 0 Å². The third-order valence-electron chi connectivity index (χ3n) is 4.63. The van der Waals surface area contributed by atoms with Gasteiger partial charge >= 0.3 is 0 Å². The van der Waals surface area contributed by atoms with Crippen LogP contribution in [0.3, 0.4) is 0 Å². The summed E-state index contributed by atoms with van der Waals surface area (Å²) in [6, 6.07) is 5.63. The van der Waals surface area contributed by atoms with E-state index < -0.39 is 0 Å². The standard InChI is InChI=1S/C17H29FN2/c1-7-17(5,20(8-2)9-3)16(19-6)14-10-11-15(18)13(4)12-14/h10-12,16,19H,7-9H2,1-6H3. The summed E-state index contributed by atoms with van der Waals surface area (Å²) in [6.45, 7) is 12.8. The Hall–Kier alpha value is -0.930. The van der Waals surface area contributed by atoms with E-state index in [0.29, 0.717) is 5.56 Å². The summed E-state index contributed by atoms with van der Waals surface area (Å²) in [5.74, 6) is -0.135. The molecule has 0 aromatic heterocycles. The van der Waals surface area contributed by atoms with Crippen molar-refractivity contribution in [2.24, 2.45) is 0 Å². The topological polar surface area (TPSA) is 15.3 Å². The molecule has 0 aliphatic carbocycles. The molecule has 0 fully saturated rings. The highest BCUT2D eigenvalue weighted by molar-refractivity contribution is 5.29. The van der Waals surface area contributed by atoms with Crippen LogP contribution in [0.15, 0.2) is 18.2 Å². The molecule has 2 unspecified atom stereocenters. The van der Waals surface area contributed by atoms with Gasteiger partial charge in [0.2, 0.25) is 0 Å². The molecule has 1 aromatic rings. The van der Waals surface area contributed by atoms with E-state index in [4.69, 9.17) is 0 Å². The van der Waals surface area contributed by atoms with Gasteiger partial charge in [0, 0.05) is 5.54 Å². The fraction of sp³-hybridized carbons (Fsp3) is 0.647. The van der Waals surface area contributed by atoms with Gasteiger partial charge in [-0.3, -0.25) is 4.90 Å². The second kappa shape index (κ2) is 7.19. The first kappa shape index (κ1) is 17.1. The van der Waals surface area contributed by atoms with Crippen molar-refractivity contribution in [3.8, 4) is 0 Å². The maximum atomic E-state index is 13.5. The van der Waals surface area contributed by atoms with E-state index >= 15 is 0 Å². The van der Waals surface area contributed by atoms with Crippen LogP contribution in [0.4, 0.5) is 4.39 Å². The minimum atomic E-state index is -0.135. The number of hydrogen-bond acceptors (Lipinski definition) is 2. The van der Waals surface area contributed by atoms with E-state index in [0.717, 1.165) is 25.1 Å². The molecule has 2 nitrogen and oxygen atoms in total. The minimum absolute atomic E-state index is 0.0164. The lowest BCUT2D eigenvalue weighted by molar-refractivity contribution is 0.0728. The molecule has 0 saturated carbocycles. The quantitative estimate of drug-likeness (QED) is 0.815. The SMILES string of the molecule is CCN(CC)C(C)(CC)C(NC)c1ccc(F)c(C)c1. The van der Waals surface area contributed by atoms with Crippen molar-refractivity contribution < 1.29 is 4.39 Å². The van der Waals surface area contributed by atoms with Crippen LogP contribution in [0.25, 0.3) is 0 Å². The van der Waals surface area contributed by atoms with Gasteiger partial charge in [0.15, 0.2) is 0 Å². The predicted molar refractivity (Wildman–Crippen MR) is 84.6 cm³/mol. The zero-order chi connectivity index (χ0) is 15.3. The number of likely N-dealkylation sites (N-methyl/N-ethyl adjacent to an activating group) is 2. The molecular formula is C17H29FN2. The van der Waals surface area contributed by atoms with Gasteiger partial charge in [-0.25, -0.2) is 4.39 Å². The van der Waals surface area contributed by atoms with Crippen LogP contribution in [0.2, 0.25) is 0 Å². The highest BCUT2D eigenvalue weighted by Crippen LogP contribution is 2.34. The van der Waals surface area contributed by atoms with E-state index in [1.54, 1.807) is 6.07 Å². The average molecular weight is 280 g/mol. The minimum Gasteiger partial charge on any atom is -0.311 e. The summed E-state index contributed by atoms with van der Waals surface area (Å²) < 4.78 is 13.5. The van der Waals surface area contributed by atoms with E-state index in [2.05, 4.69) is 37.9 Å². The third-order valence-corrected chi connectivity index (χ3v) is 4.63. The number of halogens is 1. The number of rotatable bonds is 7. The molecule has 3 heteroatoms. The maximum Gasteiger partial charge on any atom is 0.126 e. The van der Waals surface area contributed by atoms with Crippen molar-refractivity contribution in [1.29, 1.82) is 0 Å². The lowest BCUT2D eigenvalue weighted by atomic mass is 9.82. The average Bonchev–Trinajstić information content (AvgIpc) is 2.44. The molecule has 0 radical (unpaired) electrons. The lowest BCUT2D eigenvalue weighted by Crippen LogP contribution is -2.53. The van der Waals surface area contributed by atoms with Crippen LogP contribution in [0, 0.1) is 12.7 Å². The fourth-order valence-electron chi connectivity index (χ4n) is 3.24. The Morgan fingerprint density at radius 3 is 2.25 bits per heavy atom. The molecule has 1 rings (SSSR count). The van der Waals surface area contributed by atoms with Crippen LogP contribution in [0.1, 0.15) is 51.3 Å². The normalized spacial score (nSPS) is 16.2. The summed E-state index contributed by atoms with van der Waals surface area (Å²) in [5, 5.41) is 3.44. The Bertz CT molecular complexity index is 429.